The van der Waals surface area contributed by atoms with Gasteiger partial charge in [-0.25, -0.2) is 4.39 Å². The summed E-state index contributed by atoms with van der Waals surface area (Å²) in [6.45, 7) is 0. The second-order valence-electron chi connectivity index (χ2n) is 5.30. The summed E-state index contributed by atoms with van der Waals surface area (Å²) in [5.41, 5.74) is 2.33. The van der Waals surface area contributed by atoms with Gasteiger partial charge in [0, 0.05) is 22.8 Å². The molecule has 3 aromatic rings. The maximum absolute atomic E-state index is 13.7. The van der Waals surface area contributed by atoms with Crippen LogP contribution in [0.4, 0.5) is 9.18 Å². The number of imide groups is 1. The summed E-state index contributed by atoms with van der Waals surface area (Å²) in [6, 6.07) is 14.1. The largest absolute Gasteiger partial charge is 0.316 e. The van der Waals surface area contributed by atoms with Gasteiger partial charge in [-0.1, -0.05) is 18.2 Å². The van der Waals surface area contributed by atoms with Crippen LogP contribution in [0.2, 0.25) is 0 Å². The zero-order chi connectivity index (χ0) is 16.7. The van der Waals surface area contributed by atoms with Crippen LogP contribution in [0.1, 0.15) is 5.56 Å². The third-order valence-corrected chi connectivity index (χ3v) is 4.57. The fraction of sp³-hybridized carbons (Fsp3) is 0. The van der Waals surface area contributed by atoms with Crippen LogP contribution in [-0.2, 0) is 4.79 Å². The molecule has 0 bridgehead atoms. The van der Waals surface area contributed by atoms with Crippen molar-refractivity contribution in [3.05, 3.63) is 71.0 Å². The van der Waals surface area contributed by atoms with Gasteiger partial charge in [-0.05, 0) is 48.2 Å². The SMILES string of the molecule is O=C1NC(=O)/C(=C/c2cn(-c3ccccc3)c3cc(F)ccc23)S1. The van der Waals surface area contributed by atoms with Crippen LogP contribution in [0, 0.1) is 5.82 Å². The van der Waals surface area contributed by atoms with E-state index in [1.807, 2.05) is 41.1 Å². The fourth-order valence-electron chi connectivity index (χ4n) is 2.71. The Bertz CT molecular complexity index is 1010. The van der Waals surface area contributed by atoms with E-state index in [4.69, 9.17) is 0 Å². The Balaban J connectivity index is 1.93. The number of thioether (sulfide) groups is 1. The molecule has 0 radical (unpaired) electrons. The Morgan fingerprint density at radius 1 is 1.08 bits per heavy atom. The van der Waals surface area contributed by atoms with Crippen molar-refractivity contribution < 1.29 is 14.0 Å². The van der Waals surface area contributed by atoms with Crippen molar-refractivity contribution in [3.8, 4) is 5.69 Å². The lowest BCUT2D eigenvalue weighted by Crippen LogP contribution is -2.17. The summed E-state index contributed by atoms with van der Waals surface area (Å²) in [4.78, 5) is 23.4. The lowest BCUT2D eigenvalue weighted by molar-refractivity contribution is -0.115. The number of hydrogen-bond donors (Lipinski definition) is 1. The predicted molar refractivity (Wildman–Crippen MR) is 92.3 cm³/mol. The first-order chi connectivity index (χ1) is 11.6. The van der Waals surface area contributed by atoms with E-state index in [9.17, 15) is 14.0 Å². The summed E-state index contributed by atoms with van der Waals surface area (Å²) in [5.74, 6) is -0.743. The molecule has 2 heterocycles. The van der Waals surface area contributed by atoms with Crippen LogP contribution in [0.3, 0.4) is 0 Å². The van der Waals surface area contributed by atoms with Crippen LogP contribution >= 0.6 is 11.8 Å². The zero-order valence-corrected chi connectivity index (χ0v) is 13.1. The number of hydrogen-bond acceptors (Lipinski definition) is 3. The van der Waals surface area contributed by atoms with Crippen molar-refractivity contribution in [2.75, 3.05) is 0 Å². The summed E-state index contributed by atoms with van der Waals surface area (Å²) in [5, 5.41) is 2.65. The molecule has 4 nitrogen and oxygen atoms in total. The average molecular weight is 338 g/mol. The zero-order valence-electron chi connectivity index (χ0n) is 12.3. The summed E-state index contributed by atoms with van der Waals surface area (Å²) >= 11 is 0.863. The van der Waals surface area contributed by atoms with E-state index in [0.717, 1.165) is 28.4 Å². The second kappa shape index (κ2) is 5.65. The molecule has 2 aromatic carbocycles. The van der Waals surface area contributed by atoms with E-state index in [0.29, 0.717) is 10.4 Å². The smallest absolute Gasteiger partial charge is 0.290 e. The van der Waals surface area contributed by atoms with Crippen molar-refractivity contribution in [3.63, 3.8) is 0 Å². The minimum Gasteiger partial charge on any atom is -0.316 e. The maximum Gasteiger partial charge on any atom is 0.290 e. The summed E-state index contributed by atoms with van der Waals surface area (Å²) in [7, 11) is 0. The Morgan fingerprint density at radius 3 is 2.58 bits per heavy atom. The summed E-state index contributed by atoms with van der Waals surface area (Å²) in [6.07, 6.45) is 3.49. The molecular formula is C18H11FN2O2S. The molecule has 1 saturated heterocycles. The van der Waals surface area contributed by atoms with Gasteiger partial charge in [0.2, 0.25) is 0 Å². The van der Waals surface area contributed by atoms with Crippen LogP contribution in [-0.4, -0.2) is 15.7 Å². The van der Waals surface area contributed by atoms with Gasteiger partial charge in [0.15, 0.2) is 0 Å². The molecule has 6 heteroatoms. The maximum atomic E-state index is 13.7. The number of nitrogens with one attached hydrogen (secondary N) is 1. The van der Waals surface area contributed by atoms with Crippen LogP contribution in [0.15, 0.2) is 59.6 Å². The highest BCUT2D eigenvalue weighted by molar-refractivity contribution is 8.18. The Labute approximate surface area is 141 Å². The highest BCUT2D eigenvalue weighted by Crippen LogP contribution is 2.31. The quantitative estimate of drug-likeness (QED) is 0.716. The molecule has 118 valence electrons. The van der Waals surface area contributed by atoms with Gasteiger partial charge >= 0.3 is 0 Å². The molecule has 1 fully saturated rings. The van der Waals surface area contributed by atoms with Gasteiger partial charge in [0.1, 0.15) is 5.82 Å². The number of para-hydroxylation sites is 1. The number of carbonyl (C=O) groups excluding carboxylic acids is 2. The molecule has 0 aliphatic carbocycles. The molecule has 1 aliphatic heterocycles. The predicted octanol–water partition coefficient (Wildman–Crippen LogP) is 4.09. The number of carbonyl (C=O) groups is 2. The number of rotatable bonds is 2. The van der Waals surface area contributed by atoms with Gasteiger partial charge in [-0.2, -0.15) is 0 Å². The van der Waals surface area contributed by atoms with Gasteiger partial charge in [-0.3, -0.25) is 14.9 Å². The van der Waals surface area contributed by atoms with Crippen molar-refractivity contribution in [2.45, 2.75) is 0 Å². The first kappa shape index (κ1) is 14.7. The third kappa shape index (κ3) is 2.51. The fourth-order valence-corrected chi connectivity index (χ4v) is 3.38. The van der Waals surface area contributed by atoms with Crippen LogP contribution in [0.25, 0.3) is 22.7 Å². The summed E-state index contributed by atoms with van der Waals surface area (Å²) < 4.78 is 15.6. The molecule has 24 heavy (non-hydrogen) atoms. The Morgan fingerprint density at radius 2 is 1.88 bits per heavy atom. The Hall–Kier alpha value is -2.86. The van der Waals surface area contributed by atoms with E-state index >= 15 is 0 Å². The van der Waals surface area contributed by atoms with E-state index in [1.165, 1.54) is 12.1 Å². The molecule has 0 saturated carbocycles. The lowest BCUT2D eigenvalue weighted by Gasteiger charge is -2.04. The van der Waals surface area contributed by atoms with Gasteiger partial charge in [0.25, 0.3) is 11.1 Å². The topological polar surface area (TPSA) is 51.1 Å². The Kier molecular flexibility index (Phi) is 3.46. The average Bonchev–Trinajstić information content (AvgIpc) is 3.08. The molecule has 0 unspecified atom stereocenters. The van der Waals surface area contributed by atoms with E-state index in [1.54, 1.807) is 12.1 Å². The normalized spacial score (nSPS) is 16.1. The number of halogens is 1. The molecule has 1 aliphatic rings. The lowest BCUT2D eigenvalue weighted by atomic mass is 10.1. The molecule has 0 atom stereocenters. The van der Waals surface area contributed by atoms with Gasteiger partial charge in [0.05, 0.1) is 10.4 Å². The monoisotopic (exact) mass is 338 g/mol. The number of benzene rings is 2. The third-order valence-electron chi connectivity index (χ3n) is 3.76. The highest BCUT2D eigenvalue weighted by atomic mass is 32.2. The van der Waals surface area contributed by atoms with Gasteiger partial charge in [-0.15, -0.1) is 0 Å². The molecule has 2 amide bonds. The highest BCUT2D eigenvalue weighted by Gasteiger charge is 2.25. The molecule has 4 rings (SSSR count). The van der Waals surface area contributed by atoms with Crippen molar-refractivity contribution in [1.29, 1.82) is 0 Å². The first-order valence-electron chi connectivity index (χ1n) is 7.23. The minimum atomic E-state index is -0.410. The first-order valence-corrected chi connectivity index (χ1v) is 8.04. The molecular weight excluding hydrogens is 327 g/mol. The molecule has 1 N–H and O–H groups in total. The standard InChI is InChI=1S/C18H11FN2O2S/c19-12-6-7-14-11(8-16-17(22)20-18(23)24-16)10-21(15(14)9-12)13-4-2-1-3-5-13/h1-10H,(H,20,22,23)/b16-8-. The van der Waals surface area contributed by atoms with Crippen LogP contribution < -0.4 is 5.32 Å². The minimum absolute atomic E-state index is 0.330. The van der Waals surface area contributed by atoms with Crippen molar-refractivity contribution in [1.82, 2.24) is 9.88 Å². The molecule has 0 spiro atoms. The van der Waals surface area contributed by atoms with Gasteiger partial charge < -0.3 is 4.57 Å². The van der Waals surface area contributed by atoms with E-state index in [-0.39, 0.29) is 11.1 Å². The molecule has 1 aromatic heterocycles. The van der Waals surface area contributed by atoms with E-state index < -0.39 is 5.91 Å². The number of amides is 2. The second-order valence-corrected chi connectivity index (χ2v) is 6.32. The van der Waals surface area contributed by atoms with Crippen LogP contribution in [0.5, 0.6) is 0 Å². The number of aromatic nitrogens is 1. The number of nitrogens with zero attached hydrogens (tertiary/aromatic N) is 1. The van der Waals surface area contributed by atoms with E-state index in [2.05, 4.69) is 5.32 Å². The number of fused-ring (bicyclic) bond motifs is 1. The van der Waals surface area contributed by atoms with Crippen molar-refractivity contribution >= 4 is 39.9 Å². The van der Waals surface area contributed by atoms with Crippen molar-refractivity contribution in [2.24, 2.45) is 0 Å².